The first-order valence-corrected chi connectivity index (χ1v) is 14.7. The zero-order valence-corrected chi connectivity index (χ0v) is 23.7. The highest BCUT2D eigenvalue weighted by Crippen LogP contribution is 2.37. The van der Waals surface area contributed by atoms with Crippen LogP contribution in [0.3, 0.4) is 0 Å². The van der Waals surface area contributed by atoms with Crippen LogP contribution >= 0.6 is 0 Å². The summed E-state index contributed by atoms with van der Waals surface area (Å²) < 4.78 is 75.7. The SMILES string of the molecule is CC(C)(C)OC(=O)N1C(=O)CC[C@H]1C(=O)N1CCC(NS(=O)(=O)c2ccc(-c3ccccc3)cc2C(F)(F)F)CC1. The first-order chi connectivity index (χ1) is 19.1. The highest BCUT2D eigenvalue weighted by molar-refractivity contribution is 7.89. The first-order valence-electron chi connectivity index (χ1n) is 13.2. The number of hydrogen-bond acceptors (Lipinski definition) is 6. The summed E-state index contributed by atoms with van der Waals surface area (Å²) in [5.74, 6) is -0.974. The number of nitrogens with one attached hydrogen (secondary N) is 1. The molecule has 0 bridgehead atoms. The molecule has 1 atom stereocenters. The standard InChI is InChI=1S/C28H32F3N3O6S/c1-27(2,3)40-26(37)34-22(10-12-24(34)35)25(36)33-15-13-20(14-16-33)32-41(38,39)23-11-9-19(17-21(23)28(29,30)31)18-7-5-4-6-8-18/h4-9,11,17,20,22,32H,10,12-16H2,1-3H3/t22-/m0/s1. The maximum absolute atomic E-state index is 14.0. The number of carbonyl (C=O) groups is 3. The van der Waals surface area contributed by atoms with E-state index in [2.05, 4.69) is 4.72 Å². The lowest BCUT2D eigenvalue weighted by molar-refractivity contribution is -0.141. The molecule has 0 unspecified atom stereocenters. The number of nitrogens with zero attached hydrogens (tertiary/aromatic N) is 2. The van der Waals surface area contributed by atoms with E-state index < -0.39 is 62.3 Å². The van der Waals surface area contributed by atoms with Crippen molar-refractivity contribution in [3.63, 3.8) is 0 Å². The van der Waals surface area contributed by atoms with E-state index >= 15 is 0 Å². The Labute approximate surface area is 236 Å². The summed E-state index contributed by atoms with van der Waals surface area (Å²) >= 11 is 0. The van der Waals surface area contributed by atoms with Crippen molar-refractivity contribution in [1.29, 1.82) is 0 Å². The Kier molecular flexibility index (Phi) is 8.51. The van der Waals surface area contributed by atoms with Crippen molar-refractivity contribution in [2.24, 2.45) is 0 Å². The maximum Gasteiger partial charge on any atom is 0.417 e. The molecule has 2 heterocycles. The summed E-state index contributed by atoms with van der Waals surface area (Å²) in [6.45, 7) is 5.12. The Hall–Kier alpha value is -3.45. The van der Waals surface area contributed by atoms with Crippen molar-refractivity contribution < 1.29 is 40.7 Å². The minimum absolute atomic E-state index is 0.0104. The van der Waals surface area contributed by atoms with Gasteiger partial charge in [0, 0.05) is 25.6 Å². The Morgan fingerprint density at radius 1 is 0.951 bits per heavy atom. The van der Waals surface area contributed by atoms with Crippen LogP contribution in [0.1, 0.15) is 52.0 Å². The quantitative estimate of drug-likeness (QED) is 0.542. The third-order valence-electron chi connectivity index (χ3n) is 6.90. The van der Waals surface area contributed by atoms with Crippen LogP contribution in [0.4, 0.5) is 18.0 Å². The number of likely N-dealkylation sites (tertiary alicyclic amines) is 2. The monoisotopic (exact) mass is 595 g/mol. The van der Waals surface area contributed by atoms with Crippen molar-refractivity contribution in [1.82, 2.24) is 14.5 Å². The molecular formula is C28H32F3N3O6S. The number of sulfonamides is 1. The molecule has 2 aliphatic rings. The summed E-state index contributed by atoms with van der Waals surface area (Å²) in [6, 6.07) is 9.70. The Morgan fingerprint density at radius 2 is 1.59 bits per heavy atom. The lowest BCUT2D eigenvalue weighted by atomic mass is 10.0. The highest BCUT2D eigenvalue weighted by Gasteiger charge is 2.45. The van der Waals surface area contributed by atoms with E-state index in [0.717, 1.165) is 17.0 Å². The van der Waals surface area contributed by atoms with E-state index in [0.29, 0.717) is 5.56 Å². The summed E-state index contributed by atoms with van der Waals surface area (Å²) in [5.41, 5.74) is -1.39. The van der Waals surface area contributed by atoms with Gasteiger partial charge in [-0.15, -0.1) is 0 Å². The van der Waals surface area contributed by atoms with Crippen LogP contribution in [-0.4, -0.2) is 66.9 Å². The van der Waals surface area contributed by atoms with Gasteiger partial charge in [-0.2, -0.15) is 13.2 Å². The second-order valence-corrected chi connectivity index (χ2v) is 12.8. The largest absolute Gasteiger partial charge is 0.443 e. The molecule has 0 saturated carbocycles. The van der Waals surface area contributed by atoms with Crippen LogP contribution < -0.4 is 4.72 Å². The first kappa shape index (κ1) is 30.5. The fourth-order valence-electron chi connectivity index (χ4n) is 4.97. The van der Waals surface area contributed by atoms with Gasteiger partial charge in [0.1, 0.15) is 11.6 Å². The van der Waals surface area contributed by atoms with Crippen molar-refractivity contribution in [2.75, 3.05) is 13.1 Å². The van der Waals surface area contributed by atoms with Crippen LogP contribution in [0.5, 0.6) is 0 Å². The predicted molar refractivity (Wildman–Crippen MR) is 143 cm³/mol. The molecule has 0 aliphatic carbocycles. The third-order valence-corrected chi connectivity index (χ3v) is 8.48. The molecule has 4 rings (SSSR count). The zero-order chi connectivity index (χ0) is 30.2. The van der Waals surface area contributed by atoms with Crippen LogP contribution in [0, 0.1) is 0 Å². The molecule has 2 fully saturated rings. The molecule has 2 aromatic carbocycles. The zero-order valence-electron chi connectivity index (χ0n) is 22.9. The van der Waals surface area contributed by atoms with Crippen LogP contribution in [0.15, 0.2) is 53.4 Å². The van der Waals surface area contributed by atoms with Gasteiger partial charge in [0.05, 0.1) is 10.5 Å². The van der Waals surface area contributed by atoms with Crippen molar-refractivity contribution in [3.8, 4) is 11.1 Å². The number of imide groups is 1. The molecule has 9 nitrogen and oxygen atoms in total. The van der Waals surface area contributed by atoms with Gasteiger partial charge in [-0.25, -0.2) is 22.8 Å². The Bertz CT molecular complexity index is 1420. The van der Waals surface area contributed by atoms with E-state index in [1.165, 1.54) is 11.0 Å². The van der Waals surface area contributed by atoms with Gasteiger partial charge in [0.15, 0.2) is 0 Å². The van der Waals surface area contributed by atoms with Gasteiger partial charge in [0.2, 0.25) is 21.8 Å². The van der Waals surface area contributed by atoms with Gasteiger partial charge in [-0.05, 0) is 63.3 Å². The summed E-state index contributed by atoms with van der Waals surface area (Å²) in [4.78, 5) is 39.5. The summed E-state index contributed by atoms with van der Waals surface area (Å²) in [7, 11) is -4.56. The van der Waals surface area contributed by atoms with Gasteiger partial charge >= 0.3 is 12.3 Å². The highest BCUT2D eigenvalue weighted by atomic mass is 32.2. The Morgan fingerprint density at radius 3 is 2.17 bits per heavy atom. The predicted octanol–water partition coefficient (Wildman–Crippen LogP) is 4.57. The van der Waals surface area contributed by atoms with Crippen LogP contribution in [0.2, 0.25) is 0 Å². The lowest BCUT2D eigenvalue weighted by Gasteiger charge is -2.35. The van der Waals surface area contributed by atoms with Gasteiger partial charge in [0.25, 0.3) is 0 Å². The van der Waals surface area contributed by atoms with Gasteiger partial charge in [-0.1, -0.05) is 36.4 Å². The fraction of sp³-hybridized carbons (Fsp3) is 0.464. The second-order valence-electron chi connectivity index (χ2n) is 11.1. The number of halogens is 3. The maximum atomic E-state index is 14.0. The third kappa shape index (κ3) is 7.07. The number of amides is 3. The average molecular weight is 596 g/mol. The molecule has 0 aromatic heterocycles. The molecule has 3 amide bonds. The van der Waals surface area contributed by atoms with E-state index in [9.17, 15) is 36.0 Å². The molecule has 0 radical (unpaired) electrons. The average Bonchev–Trinajstić information content (AvgIpc) is 3.28. The molecule has 222 valence electrons. The van der Waals surface area contributed by atoms with E-state index in [4.69, 9.17) is 4.74 Å². The number of hydrogen-bond donors (Lipinski definition) is 1. The van der Waals surface area contributed by atoms with Crippen molar-refractivity contribution in [3.05, 3.63) is 54.1 Å². The normalized spacial score (nSPS) is 19.0. The van der Waals surface area contributed by atoms with Crippen LogP contribution in [-0.2, 0) is 30.5 Å². The molecular weight excluding hydrogens is 563 g/mol. The van der Waals surface area contributed by atoms with Crippen LogP contribution in [0.25, 0.3) is 11.1 Å². The smallest absolute Gasteiger partial charge is 0.417 e. The van der Waals surface area contributed by atoms with E-state index in [1.54, 1.807) is 51.1 Å². The van der Waals surface area contributed by atoms with Crippen molar-refractivity contribution in [2.45, 2.75) is 75.2 Å². The van der Waals surface area contributed by atoms with Crippen molar-refractivity contribution >= 4 is 27.9 Å². The minimum Gasteiger partial charge on any atom is -0.443 e. The number of piperidine rings is 1. The number of benzene rings is 2. The topological polar surface area (TPSA) is 113 Å². The second kappa shape index (κ2) is 11.4. The fourth-order valence-corrected chi connectivity index (χ4v) is 6.48. The van der Waals surface area contributed by atoms with Gasteiger partial charge in [-0.3, -0.25) is 9.59 Å². The number of alkyl halides is 3. The molecule has 0 spiro atoms. The number of ether oxygens (including phenoxy) is 1. The molecule has 1 N–H and O–H groups in total. The summed E-state index contributed by atoms with van der Waals surface area (Å²) in [5, 5.41) is 0. The summed E-state index contributed by atoms with van der Waals surface area (Å²) in [6.07, 6.45) is -5.38. The van der Waals surface area contributed by atoms with E-state index in [1.807, 2.05) is 0 Å². The number of rotatable bonds is 5. The van der Waals surface area contributed by atoms with E-state index in [-0.39, 0.29) is 44.3 Å². The molecule has 41 heavy (non-hydrogen) atoms. The van der Waals surface area contributed by atoms with Gasteiger partial charge < -0.3 is 9.64 Å². The molecule has 2 aliphatic heterocycles. The molecule has 2 aromatic rings. The minimum atomic E-state index is -4.91. The lowest BCUT2D eigenvalue weighted by Crippen LogP contribution is -2.53. The number of carbonyl (C=O) groups excluding carboxylic acids is 3. The molecule has 13 heteroatoms. The Balaban J connectivity index is 1.44. The molecule has 2 saturated heterocycles.